The first-order chi connectivity index (χ1) is 9.97. The predicted octanol–water partition coefficient (Wildman–Crippen LogP) is 3.76. The molecule has 1 aromatic rings. The lowest BCUT2D eigenvalue weighted by atomic mass is 10.0. The Morgan fingerprint density at radius 1 is 1.57 bits per heavy atom. The number of carbonyl (C=O) groups excluding carboxylic acids is 1. The molecule has 4 nitrogen and oxygen atoms in total. The van der Waals surface area contributed by atoms with E-state index in [4.69, 9.17) is 16.3 Å². The van der Waals surface area contributed by atoms with Crippen molar-refractivity contribution in [2.45, 2.75) is 26.3 Å². The summed E-state index contributed by atoms with van der Waals surface area (Å²) < 4.78 is 19.2. The Kier molecular flexibility index (Phi) is 5.42. The summed E-state index contributed by atoms with van der Waals surface area (Å²) >= 11 is 5.70. The van der Waals surface area contributed by atoms with Gasteiger partial charge in [-0.2, -0.15) is 0 Å². The Morgan fingerprint density at radius 2 is 2.33 bits per heavy atom. The molecule has 21 heavy (non-hydrogen) atoms. The summed E-state index contributed by atoms with van der Waals surface area (Å²) in [5, 5.41) is 2.91. The number of urea groups is 1. The molecule has 1 aromatic carbocycles. The second kappa shape index (κ2) is 7.09. The molecule has 0 bridgehead atoms. The van der Waals surface area contributed by atoms with E-state index in [-0.39, 0.29) is 17.8 Å². The van der Waals surface area contributed by atoms with E-state index in [1.807, 2.05) is 0 Å². The van der Waals surface area contributed by atoms with Gasteiger partial charge in [0.25, 0.3) is 0 Å². The van der Waals surface area contributed by atoms with Gasteiger partial charge in [0, 0.05) is 11.6 Å². The minimum atomic E-state index is -0.537. The van der Waals surface area contributed by atoms with Crippen LogP contribution in [0, 0.1) is 11.7 Å². The van der Waals surface area contributed by atoms with Crippen molar-refractivity contribution < 1.29 is 13.9 Å². The number of ether oxygens (including phenoxy) is 1. The smallest absolute Gasteiger partial charge is 0.322 e. The first kappa shape index (κ1) is 16.0. The molecule has 1 N–H and O–H groups in total. The highest BCUT2D eigenvalue weighted by atomic mass is 35.5. The summed E-state index contributed by atoms with van der Waals surface area (Å²) in [5.74, 6) is -0.0798. The Hall–Kier alpha value is -1.33. The van der Waals surface area contributed by atoms with Gasteiger partial charge in [-0.15, -0.1) is 0 Å². The first-order valence-electron chi connectivity index (χ1n) is 7.07. The number of nitrogens with one attached hydrogen (secondary N) is 1. The number of hydrogen-bond donors (Lipinski definition) is 1. The maximum atomic E-state index is 13.7. The van der Waals surface area contributed by atoms with Crippen molar-refractivity contribution in [1.29, 1.82) is 0 Å². The third-order valence-electron chi connectivity index (χ3n) is 3.40. The zero-order valence-electron chi connectivity index (χ0n) is 12.2. The van der Waals surface area contributed by atoms with Crippen molar-refractivity contribution in [3.05, 3.63) is 29.0 Å². The van der Waals surface area contributed by atoms with Gasteiger partial charge in [-0.3, -0.25) is 0 Å². The van der Waals surface area contributed by atoms with E-state index in [1.165, 1.54) is 12.1 Å². The Balaban J connectivity index is 2.06. The quantitative estimate of drug-likeness (QED) is 0.923. The third-order valence-corrected chi connectivity index (χ3v) is 3.64. The fourth-order valence-electron chi connectivity index (χ4n) is 2.44. The predicted molar refractivity (Wildman–Crippen MR) is 81.2 cm³/mol. The highest BCUT2D eigenvalue weighted by molar-refractivity contribution is 6.30. The fourth-order valence-corrected chi connectivity index (χ4v) is 2.60. The van der Waals surface area contributed by atoms with Crippen molar-refractivity contribution in [2.24, 2.45) is 5.92 Å². The molecule has 2 amide bonds. The minimum absolute atomic E-state index is 0.0223. The van der Waals surface area contributed by atoms with Gasteiger partial charge in [0.1, 0.15) is 5.82 Å². The van der Waals surface area contributed by atoms with Crippen LogP contribution in [-0.2, 0) is 4.74 Å². The second-order valence-electron chi connectivity index (χ2n) is 5.61. The maximum absolute atomic E-state index is 13.7. The van der Waals surface area contributed by atoms with E-state index in [2.05, 4.69) is 19.2 Å². The highest BCUT2D eigenvalue weighted by Gasteiger charge is 2.28. The second-order valence-corrected chi connectivity index (χ2v) is 6.04. The number of morpholine rings is 1. The minimum Gasteiger partial charge on any atom is -0.377 e. The fraction of sp³-hybridized carbons (Fsp3) is 0.533. The van der Waals surface area contributed by atoms with Crippen molar-refractivity contribution in [3.63, 3.8) is 0 Å². The van der Waals surface area contributed by atoms with E-state index in [9.17, 15) is 9.18 Å². The Bertz CT molecular complexity index is 510. The number of rotatable bonds is 3. The monoisotopic (exact) mass is 314 g/mol. The molecule has 0 spiro atoms. The molecule has 1 aliphatic heterocycles. The zero-order valence-corrected chi connectivity index (χ0v) is 13.0. The summed E-state index contributed by atoms with van der Waals surface area (Å²) in [6.45, 7) is 5.74. The summed E-state index contributed by atoms with van der Waals surface area (Å²) in [6, 6.07) is 3.92. The topological polar surface area (TPSA) is 41.6 Å². The average molecular weight is 315 g/mol. The lowest BCUT2D eigenvalue weighted by molar-refractivity contribution is 0.00856. The van der Waals surface area contributed by atoms with Crippen LogP contribution in [0.1, 0.15) is 20.3 Å². The number of nitrogens with zero attached hydrogens (tertiary/aromatic N) is 1. The molecule has 0 saturated carbocycles. The number of carbonyl (C=O) groups is 1. The molecule has 0 aliphatic carbocycles. The highest BCUT2D eigenvalue weighted by Crippen LogP contribution is 2.21. The third kappa shape index (κ3) is 4.32. The molecule has 6 heteroatoms. The Morgan fingerprint density at radius 3 is 3.00 bits per heavy atom. The van der Waals surface area contributed by atoms with Crippen LogP contribution in [-0.4, -0.2) is 36.7 Å². The lowest BCUT2D eigenvalue weighted by Gasteiger charge is -2.36. The lowest BCUT2D eigenvalue weighted by Crippen LogP contribution is -2.50. The maximum Gasteiger partial charge on any atom is 0.322 e. The molecule has 0 radical (unpaired) electrons. The number of hydrogen-bond acceptors (Lipinski definition) is 2. The number of benzene rings is 1. The van der Waals surface area contributed by atoms with Gasteiger partial charge in [0.05, 0.1) is 24.9 Å². The number of anilines is 1. The van der Waals surface area contributed by atoms with Crippen molar-refractivity contribution in [2.75, 3.05) is 25.1 Å². The van der Waals surface area contributed by atoms with Crippen LogP contribution in [0.5, 0.6) is 0 Å². The summed E-state index contributed by atoms with van der Waals surface area (Å²) in [5.41, 5.74) is 0.138. The van der Waals surface area contributed by atoms with Crippen LogP contribution in [0.4, 0.5) is 14.9 Å². The number of halogens is 2. The van der Waals surface area contributed by atoms with Gasteiger partial charge >= 0.3 is 6.03 Å². The molecule has 1 heterocycles. The zero-order chi connectivity index (χ0) is 15.4. The molecular formula is C15H20ClFN2O2. The van der Waals surface area contributed by atoms with Crippen LogP contribution in [0.3, 0.4) is 0 Å². The van der Waals surface area contributed by atoms with Gasteiger partial charge in [-0.25, -0.2) is 9.18 Å². The van der Waals surface area contributed by atoms with Crippen LogP contribution < -0.4 is 5.32 Å². The molecule has 1 atom stereocenters. The average Bonchev–Trinajstić information content (AvgIpc) is 2.42. The van der Waals surface area contributed by atoms with Crippen LogP contribution in [0.2, 0.25) is 5.02 Å². The molecule has 1 aliphatic rings. The van der Waals surface area contributed by atoms with Crippen LogP contribution >= 0.6 is 11.6 Å². The van der Waals surface area contributed by atoms with E-state index in [1.54, 1.807) is 11.0 Å². The molecular weight excluding hydrogens is 295 g/mol. The molecule has 2 rings (SSSR count). The van der Waals surface area contributed by atoms with Crippen molar-refractivity contribution >= 4 is 23.3 Å². The van der Waals surface area contributed by atoms with Crippen LogP contribution in [0.25, 0.3) is 0 Å². The standard InChI is InChI=1S/C15H20ClFN2O2/c1-10(2)7-12-9-21-6-5-19(12)15(20)18-14-4-3-11(16)8-13(14)17/h3-4,8,10,12H,5-7,9H2,1-2H3,(H,18,20). The largest absolute Gasteiger partial charge is 0.377 e. The summed E-state index contributed by atoms with van der Waals surface area (Å²) in [4.78, 5) is 14.1. The van der Waals surface area contributed by atoms with E-state index in [0.29, 0.717) is 30.7 Å². The first-order valence-corrected chi connectivity index (χ1v) is 7.45. The normalized spacial score (nSPS) is 18.9. The molecule has 1 fully saturated rings. The molecule has 116 valence electrons. The Labute approximate surface area is 129 Å². The molecule has 1 unspecified atom stereocenters. The molecule has 1 saturated heterocycles. The SMILES string of the molecule is CC(C)CC1COCCN1C(=O)Nc1ccc(Cl)cc1F. The van der Waals surface area contributed by atoms with Gasteiger partial charge < -0.3 is 15.0 Å². The summed E-state index contributed by atoms with van der Waals surface area (Å²) in [7, 11) is 0. The van der Waals surface area contributed by atoms with Gasteiger partial charge in [-0.05, 0) is 30.5 Å². The molecule has 0 aromatic heterocycles. The van der Waals surface area contributed by atoms with E-state index in [0.717, 1.165) is 6.42 Å². The van der Waals surface area contributed by atoms with Crippen molar-refractivity contribution in [1.82, 2.24) is 4.90 Å². The van der Waals surface area contributed by atoms with Gasteiger partial charge in [0.15, 0.2) is 0 Å². The summed E-state index contributed by atoms with van der Waals surface area (Å²) in [6.07, 6.45) is 0.858. The van der Waals surface area contributed by atoms with E-state index >= 15 is 0 Å². The van der Waals surface area contributed by atoms with Crippen LogP contribution in [0.15, 0.2) is 18.2 Å². The van der Waals surface area contributed by atoms with Gasteiger partial charge in [-0.1, -0.05) is 25.4 Å². The van der Waals surface area contributed by atoms with Crippen molar-refractivity contribution in [3.8, 4) is 0 Å². The number of amides is 2. The van der Waals surface area contributed by atoms with E-state index < -0.39 is 5.82 Å². The van der Waals surface area contributed by atoms with Gasteiger partial charge in [0.2, 0.25) is 0 Å².